The molecule has 1 amide bonds. The lowest BCUT2D eigenvalue weighted by atomic mass is 9.97. The van der Waals surface area contributed by atoms with Crippen LogP contribution in [0.15, 0.2) is 0 Å². The van der Waals surface area contributed by atoms with Gasteiger partial charge in [-0.15, -0.1) is 0 Å². The maximum Gasteiger partial charge on any atom is 0.414 e. The molecule has 0 bridgehead atoms. The van der Waals surface area contributed by atoms with Crippen LogP contribution in [-0.4, -0.2) is 74.0 Å². The Hall–Kier alpha value is -1.60. The van der Waals surface area contributed by atoms with Crippen LogP contribution in [0.5, 0.6) is 0 Å². The molecule has 7 nitrogen and oxygen atoms in total. The van der Waals surface area contributed by atoms with E-state index in [1.54, 1.807) is 0 Å². The highest BCUT2D eigenvalue weighted by atomic mass is 19.4. The largest absolute Gasteiger partial charge is 0.481 e. The number of carboxylic acids is 1. The van der Waals surface area contributed by atoms with Crippen LogP contribution in [0.1, 0.15) is 25.7 Å². The van der Waals surface area contributed by atoms with E-state index in [1.165, 1.54) is 14.2 Å². The Morgan fingerprint density at radius 2 is 1.31 bits per heavy atom. The quantitative estimate of drug-likeness (QED) is 0.538. The Morgan fingerprint density at radius 1 is 0.897 bits per heavy atom. The molecule has 4 atom stereocenters. The fourth-order valence-corrected chi connectivity index (χ4v) is 2.76. The molecule has 0 saturated carbocycles. The molecule has 2 aliphatic rings. The van der Waals surface area contributed by atoms with Gasteiger partial charge in [0.05, 0.1) is 32.2 Å². The van der Waals surface area contributed by atoms with E-state index in [1.807, 2.05) is 0 Å². The third-order valence-corrected chi connectivity index (χ3v) is 4.56. The van der Waals surface area contributed by atoms with Crippen LogP contribution < -0.4 is 0 Å². The molecule has 0 aliphatic carbocycles. The first-order valence-electron chi connectivity index (χ1n) is 8.68. The van der Waals surface area contributed by atoms with Gasteiger partial charge in [-0.05, 0) is 25.7 Å². The topological polar surface area (TPSA) is 85.3 Å². The first-order valence-corrected chi connectivity index (χ1v) is 8.68. The number of rotatable bonds is 3. The summed E-state index contributed by atoms with van der Waals surface area (Å²) in [6.07, 6.45) is -12.5. The first-order chi connectivity index (χ1) is 13.3. The van der Waals surface area contributed by atoms with Crippen molar-refractivity contribution in [2.75, 3.05) is 27.4 Å². The maximum atomic E-state index is 12.2. The number of carboxylic acid groups (broad SMARTS) is 1. The summed E-state index contributed by atoms with van der Waals surface area (Å²) in [6, 6.07) is 0. The molecule has 2 fully saturated rings. The molecule has 2 aliphatic heterocycles. The van der Waals surface area contributed by atoms with Crippen molar-refractivity contribution in [1.82, 2.24) is 5.06 Å². The molecular formula is C16H23F6NO6. The van der Waals surface area contributed by atoms with E-state index in [2.05, 4.69) is 14.3 Å². The molecule has 13 heteroatoms. The van der Waals surface area contributed by atoms with Crippen molar-refractivity contribution in [2.45, 2.75) is 50.2 Å². The molecule has 2 heterocycles. The van der Waals surface area contributed by atoms with Gasteiger partial charge in [0, 0.05) is 7.05 Å². The summed E-state index contributed by atoms with van der Waals surface area (Å²) in [4.78, 5) is 26.5. The van der Waals surface area contributed by atoms with E-state index in [9.17, 15) is 35.9 Å². The second-order valence-electron chi connectivity index (χ2n) is 6.63. The van der Waals surface area contributed by atoms with E-state index >= 15 is 0 Å². The Kier molecular flexibility index (Phi) is 9.15. The van der Waals surface area contributed by atoms with Gasteiger partial charge >= 0.3 is 18.3 Å². The van der Waals surface area contributed by atoms with Crippen molar-refractivity contribution in [3.8, 4) is 0 Å². The molecule has 0 spiro atoms. The summed E-state index contributed by atoms with van der Waals surface area (Å²) >= 11 is 0. The second-order valence-corrected chi connectivity index (χ2v) is 6.63. The monoisotopic (exact) mass is 439 g/mol. The van der Waals surface area contributed by atoms with Gasteiger partial charge in [0.15, 0.2) is 12.2 Å². The highest BCUT2D eigenvalue weighted by Crippen LogP contribution is 2.32. The summed E-state index contributed by atoms with van der Waals surface area (Å²) in [5.74, 6) is -2.80. The molecule has 0 aromatic heterocycles. The number of carbonyl (C=O) groups excluding carboxylic acids is 1. The molecule has 0 radical (unpaired) electrons. The van der Waals surface area contributed by atoms with Crippen LogP contribution in [-0.2, 0) is 23.9 Å². The highest BCUT2D eigenvalue weighted by Gasteiger charge is 2.45. The lowest BCUT2D eigenvalue weighted by molar-refractivity contribution is -0.238. The predicted molar refractivity (Wildman–Crippen MR) is 84.5 cm³/mol. The van der Waals surface area contributed by atoms with E-state index in [4.69, 9.17) is 5.11 Å². The van der Waals surface area contributed by atoms with Gasteiger partial charge < -0.3 is 14.6 Å². The predicted octanol–water partition coefficient (Wildman–Crippen LogP) is 2.79. The Bertz CT molecular complexity index is 539. The number of ether oxygens (including phenoxy) is 2. The fraction of sp³-hybridized carbons (Fsp3) is 0.875. The number of halogens is 6. The molecule has 0 aromatic rings. The van der Waals surface area contributed by atoms with Crippen LogP contribution in [0.25, 0.3) is 0 Å². The number of amides is 1. The number of nitrogens with zero attached hydrogens (tertiary/aromatic N) is 1. The standard InChI is InChI=1S/C9H14F3NO3.C7H9F3O3/c1-13(15-2)8(14)6-3-4-7(16-5-6)9(10,11)12;8-7(9,10)5-2-1-4(3-13-5)6(11)12/h6-7H,3-5H2,1-2H3;4-5H,1-3H2,(H,11,12). The van der Waals surface area contributed by atoms with Crippen molar-refractivity contribution in [3.05, 3.63) is 0 Å². The van der Waals surface area contributed by atoms with E-state index < -0.39 is 42.4 Å². The highest BCUT2D eigenvalue weighted by molar-refractivity contribution is 5.77. The number of hydrogen-bond acceptors (Lipinski definition) is 5. The molecule has 2 saturated heterocycles. The average molecular weight is 439 g/mol. The van der Waals surface area contributed by atoms with Gasteiger partial charge in [-0.2, -0.15) is 26.3 Å². The lowest BCUT2D eigenvalue weighted by Gasteiger charge is -2.30. The third kappa shape index (κ3) is 7.97. The van der Waals surface area contributed by atoms with Crippen molar-refractivity contribution in [2.24, 2.45) is 11.8 Å². The Morgan fingerprint density at radius 3 is 1.59 bits per heavy atom. The molecule has 2 rings (SSSR count). The molecule has 0 aromatic carbocycles. The van der Waals surface area contributed by atoms with Crippen molar-refractivity contribution in [1.29, 1.82) is 0 Å². The van der Waals surface area contributed by atoms with Gasteiger partial charge in [-0.1, -0.05) is 0 Å². The van der Waals surface area contributed by atoms with Crippen LogP contribution >= 0.6 is 0 Å². The summed E-state index contributed by atoms with van der Waals surface area (Å²) in [5, 5.41) is 9.47. The minimum atomic E-state index is -4.37. The van der Waals surface area contributed by atoms with Crippen LogP contribution in [0.3, 0.4) is 0 Å². The second kappa shape index (κ2) is 10.4. The zero-order chi connectivity index (χ0) is 22.4. The van der Waals surface area contributed by atoms with Gasteiger partial charge in [0.2, 0.25) is 0 Å². The van der Waals surface area contributed by atoms with Gasteiger partial charge in [-0.3, -0.25) is 14.4 Å². The zero-order valence-electron chi connectivity index (χ0n) is 15.8. The SMILES string of the molecule is CON(C)C(=O)C1CCC(C(F)(F)F)OC1.O=C(O)C1CCC(C(F)(F)F)OC1. The van der Waals surface area contributed by atoms with Crippen LogP contribution in [0.2, 0.25) is 0 Å². The summed E-state index contributed by atoms with van der Waals surface area (Å²) in [6.45, 7) is -0.559. The summed E-state index contributed by atoms with van der Waals surface area (Å²) in [7, 11) is 2.73. The number of carbonyl (C=O) groups is 2. The van der Waals surface area contributed by atoms with Gasteiger partial charge in [0.1, 0.15) is 0 Å². The molecule has 170 valence electrons. The lowest BCUT2D eigenvalue weighted by Crippen LogP contribution is -2.42. The molecule has 4 unspecified atom stereocenters. The molecule has 1 N–H and O–H groups in total. The summed E-state index contributed by atoms with van der Waals surface area (Å²) in [5.41, 5.74) is 0. The normalized spacial score (nSPS) is 28.1. The van der Waals surface area contributed by atoms with Crippen LogP contribution in [0.4, 0.5) is 26.3 Å². The van der Waals surface area contributed by atoms with Crippen molar-refractivity contribution < 1.29 is 55.3 Å². The van der Waals surface area contributed by atoms with Gasteiger partial charge in [0.25, 0.3) is 5.91 Å². The summed E-state index contributed by atoms with van der Waals surface area (Å²) < 4.78 is 81.8. The zero-order valence-corrected chi connectivity index (χ0v) is 15.8. The number of aliphatic carboxylic acids is 1. The fourth-order valence-electron chi connectivity index (χ4n) is 2.76. The average Bonchev–Trinajstić information content (AvgIpc) is 2.66. The van der Waals surface area contributed by atoms with Gasteiger partial charge in [-0.25, -0.2) is 5.06 Å². The van der Waals surface area contributed by atoms with Crippen molar-refractivity contribution >= 4 is 11.9 Å². The Balaban J connectivity index is 0.000000296. The van der Waals surface area contributed by atoms with Crippen LogP contribution in [0, 0.1) is 11.8 Å². The van der Waals surface area contributed by atoms with E-state index in [-0.39, 0.29) is 44.8 Å². The van der Waals surface area contributed by atoms with Crippen molar-refractivity contribution in [3.63, 3.8) is 0 Å². The maximum absolute atomic E-state index is 12.2. The van der Waals surface area contributed by atoms with E-state index in [0.717, 1.165) is 5.06 Å². The number of alkyl halides is 6. The number of hydrogen-bond donors (Lipinski definition) is 1. The minimum Gasteiger partial charge on any atom is -0.481 e. The number of hydroxylamine groups is 2. The molecule has 29 heavy (non-hydrogen) atoms. The minimum absolute atomic E-state index is 0.0273. The third-order valence-electron chi connectivity index (χ3n) is 4.56. The molecular weight excluding hydrogens is 416 g/mol. The van der Waals surface area contributed by atoms with E-state index in [0.29, 0.717) is 0 Å². The Labute approximate surface area is 162 Å². The first kappa shape index (κ1) is 25.4. The smallest absolute Gasteiger partial charge is 0.414 e.